The molecule has 3 heterocycles. The average molecular weight is 300 g/mol. The third kappa shape index (κ3) is 1.75. The van der Waals surface area contributed by atoms with Gasteiger partial charge in [-0.25, -0.2) is 0 Å². The van der Waals surface area contributed by atoms with E-state index in [1.165, 1.54) is 31.4 Å². The van der Waals surface area contributed by atoms with Gasteiger partial charge in [0, 0.05) is 27.1 Å². The Bertz CT molecular complexity index is 740. The van der Waals surface area contributed by atoms with Crippen molar-refractivity contribution in [1.29, 1.82) is 0 Å². The lowest BCUT2D eigenvalue weighted by atomic mass is 10.0. The average Bonchev–Trinajstić information content (AvgIpc) is 3.12. The molecule has 2 aliphatic rings. The van der Waals surface area contributed by atoms with E-state index in [9.17, 15) is 0 Å². The lowest BCUT2D eigenvalue weighted by Gasteiger charge is -2.19. The first-order chi connectivity index (χ1) is 9.75. The molecule has 1 aromatic carbocycles. The summed E-state index contributed by atoms with van der Waals surface area (Å²) in [6.07, 6.45) is 0. The fraction of sp³-hybridized carbons (Fsp3) is 0.312. The van der Waals surface area contributed by atoms with E-state index in [1.807, 2.05) is 23.1 Å². The molecule has 0 spiro atoms. The van der Waals surface area contributed by atoms with Crippen LogP contribution in [-0.4, -0.2) is 23.2 Å². The first-order valence-electron chi connectivity index (χ1n) is 6.96. The summed E-state index contributed by atoms with van der Waals surface area (Å²) in [5, 5.41) is 4.75. The normalized spacial score (nSPS) is 18.4. The Morgan fingerprint density at radius 1 is 1.25 bits per heavy atom. The number of hydrogen-bond acceptors (Lipinski definition) is 4. The highest BCUT2D eigenvalue weighted by atomic mass is 32.2. The minimum atomic E-state index is 0.539. The quantitative estimate of drug-likeness (QED) is 0.802. The zero-order valence-corrected chi connectivity index (χ0v) is 13.2. The van der Waals surface area contributed by atoms with Crippen molar-refractivity contribution in [2.75, 3.05) is 13.1 Å². The number of rotatable bonds is 2. The van der Waals surface area contributed by atoms with E-state index < -0.39 is 0 Å². The first-order valence-corrected chi connectivity index (χ1v) is 8.66. The lowest BCUT2D eigenvalue weighted by Crippen LogP contribution is -2.20. The molecule has 4 rings (SSSR count). The second kappa shape index (κ2) is 4.64. The highest BCUT2D eigenvalue weighted by Crippen LogP contribution is 2.46. The molecule has 0 atom stereocenters. The molecule has 4 heteroatoms. The van der Waals surface area contributed by atoms with Gasteiger partial charge in [0.25, 0.3) is 0 Å². The van der Waals surface area contributed by atoms with Crippen LogP contribution in [0.25, 0.3) is 15.8 Å². The van der Waals surface area contributed by atoms with Crippen LogP contribution in [0.5, 0.6) is 0 Å². The molecule has 2 nitrogen and oxygen atoms in total. The van der Waals surface area contributed by atoms with Gasteiger partial charge in [-0.05, 0) is 23.4 Å². The number of thioether (sulfide) groups is 1. The molecule has 0 bridgehead atoms. The number of allylic oxidation sites excluding steroid dienone is 1. The van der Waals surface area contributed by atoms with Crippen molar-refractivity contribution in [1.82, 2.24) is 4.90 Å². The molecule has 0 unspecified atom stereocenters. The van der Waals surface area contributed by atoms with Crippen LogP contribution in [0.15, 0.2) is 39.5 Å². The highest BCUT2D eigenvalue weighted by molar-refractivity contribution is 8.17. The minimum Gasteiger partial charge on any atom is -0.318 e. The maximum absolute atomic E-state index is 4.64. The molecule has 0 amide bonds. The Morgan fingerprint density at radius 2 is 2.15 bits per heavy atom. The van der Waals surface area contributed by atoms with Gasteiger partial charge in [0.15, 0.2) is 5.17 Å². The molecule has 2 aliphatic heterocycles. The fourth-order valence-electron chi connectivity index (χ4n) is 2.87. The summed E-state index contributed by atoms with van der Waals surface area (Å²) in [5.41, 5.74) is 2.76. The number of hydrogen-bond donors (Lipinski definition) is 0. The molecule has 0 saturated carbocycles. The van der Waals surface area contributed by atoms with Crippen LogP contribution >= 0.6 is 23.1 Å². The van der Waals surface area contributed by atoms with E-state index in [4.69, 9.17) is 0 Å². The van der Waals surface area contributed by atoms with Crippen molar-refractivity contribution in [2.45, 2.75) is 13.8 Å². The van der Waals surface area contributed by atoms with E-state index in [0.717, 1.165) is 13.1 Å². The van der Waals surface area contributed by atoms with E-state index in [-0.39, 0.29) is 0 Å². The molecule has 20 heavy (non-hydrogen) atoms. The number of amidine groups is 1. The zero-order valence-electron chi connectivity index (χ0n) is 11.6. The van der Waals surface area contributed by atoms with Crippen LogP contribution in [0.2, 0.25) is 0 Å². The molecular formula is C16H16N2S2. The largest absolute Gasteiger partial charge is 0.318 e. The Labute approximate surface area is 127 Å². The molecule has 102 valence electrons. The Kier molecular flexibility index (Phi) is 2.89. The topological polar surface area (TPSA) is 15.6 Å². The number of aliphatic imine (C=N–C) groups is 1. The van der Waals surface area contributed by atoms with Gasteiger partial charge in [-0.2, -0.15) is 0 Å². The van der Waals surface area contributed by atoms with Crippen molar-refractivity contribution in [3.8, 4) is 0 Å². The van der Waals surface area contributed by atoms with Crippen LogP contribution in [0.4, 0.5) is 0 Å². The molecule has 2 aromatic rings. The van der Waals surface area contributed by atoms with Gasteiger partial charge in [0.1, 0.15) is 0 Å². The molecule has 0 fully saturated rings. The van der Waals surface area contributed by atoms with Gasteiger partial charge in [0.2, 0.25) is 0 Å². The summed E-state index contributed by atoms with van der Waals surface area (Å²) >= 11 is 3.68. The maximum Gasteiger partial charge on any atom is 0.168 e. The molecule has 0 saturated heterocycles. The summed E-state index contributed by atoms with van der Waals surface area (Å²) < 4.78 is 1.37. The van der Waals surface area contributed by atoms with Crippen LogP contribution in [0.3, 0.4) is 0 Å². The Morgan fingerprint density at radius 3 is 3.00 bits per heavy atom. The first kappa shape index (κ1) is 12.5. The van der Waals surface area contributed by atoms with Crippen LogP contribution in [0.1, 0.15) is 19.4 Å². The smallest absolute Gasteiger partial charge is 0.168 e. The van der Waals surface area contributed by atoms with Crippen LogP contribution in [0, 0.1) is 5.92 Å². The molecule has 0 aliphatic carbocycles. The second-order valence-corrected chi connectivity index (χ2v) is 7.38. The van der Waals surface area contributed by atoms with Crippen LogP contribution in [-0.2, 0) is 0 Å². The monoisotopic (exact) mass is 300 g/mol. The van der Waals surface area contributed by atoms with Gasteiger partial charge in [-0.1, -0.05) is 37.7 Å². The minimum absolute atomic E-state index is 0.539. The Balaban J connectivity index is 1.96. The zero-order chi connectivity index (χ0) is 13.7. The van der Waals surface area contributed by atoms with Crippen molar-refractivity contribution in [2.24, 2.45) is 10.9 Å². The summed E-state index contributed by atoms with van der Waals surface area (Å²) in [6.45, 7) is 6.50. The summed E-state index contributed by atoms with van der Waals surface area (Å²) in [5.74, 6) is 0.539. The van der Waals surface area contributed by atoms with E-state index in [1.54, 1.807) is 0 Å². The third-order valence-corrected chi connectivity index (χ3v) is 6.08. The van der Waals surface area contributed by atoms with E-state index >= 15 is 0 Å². The van der Waals surface area contributed by atoms with Gasteiger partial charge in [0.05, 0.1) is 12.2 Å². The number of thiophene rings is 1. The predicted molar refractivity (Wildman–Crippen MR) is 90.2 cm³/mol. The summed E-state index contributed by atoms with van der Waals surface area (Å²) in [6, 6.07) is 8.89. The van der Waals surface area contributed by atoms with Crippen molar-refractivity contribution in [3.05, 3.63) is 40.1 Å². The lowest BCUT2D eigenvalue weighted by molar-refractivity contribution is 0.641. The summed E-state index contributed by atoms with van der Waals surface area (Å²) in [7, 11) is 0. The molecule has 0 N–H and O–H groups in total. The van der Waals surface area contributed by atoms with Gasteiger partial charge in [-0.3, -0.25) is 4.99 Å². The van der Waals surface area contributed by atoms with Gasteiger partial charge in [-0.15, -0.1) is 11.3 Å². The SMILES string of the molecule is CC(C)C1=C(c2cccc3sccc23)N2CCN=C2S1. The van der Waals surface area contributed by atoms with Crippen molar-refractivity contribution < 1.29 is 0 Å². The van der Waals surface area contributed by atoms with Crippen molar-refractivity contribution >= 4 is 44.0 Å². The highest BCUT2D eigenvalue weighted by Gasteiger charge is 2.34. The molecule has 1 aromatic heterocycles. The van der Waals surface area contributed by atoms with Crippen molar-refractivity contribution in [3.63, 3.8) is 0 Å². The summed E-state index contributed by atoms with van der Waals surface area (Å²) in [4.78, 5) is 8.51. The number of fused-ring (bicyclic) bond motifs is 2. The maximum atomic E-state index is 4.64. The number of benzene rings is 1. The third-order valence-electron chi connectivity index (χ3n) is 3.78. The fourth-order valence-corrected chi connectivity index (χ4v) is 4.88. The standard InChI is InChI=1S/C16H16N2S2/c1-10(2)15-14(18-8-7-17-16(18)20-15)12-4-3-5-13-11(12)6-9-19-13/h3-6,9-10H,7-8H2,1-2H3. The Hall–Kier alpha value is -1.26. The second-order valence-electron chi connectivity index (χ2n) is 5.42. The predicted octanol–water partition coefficient (Wildman–Crippen LogP) is 4.64. The van der Waals surface area contributed by atoms with Gasteiger partial charge >= 0.3 is 0 Å². The molecule has 0 radical (unpaired) electrons. The number of nitrogens with zero attached hydrogens (tertiary/aromatic N) is 2. The van der Waals surface area contributed by atoms with Crippen LogP contribution < -0.4 is 0 Å². The van der Waals surface area contributed by atoms with Gasteiger partial charge < -0.3 is 4.90 Å². The van der Waals surface area contributed by atoms with E-state index in [0.29, 0.717) is 5.92 Å². The van der Waals surface area contributed by atoms with E-state index in [2.05, 4.69) is 53.4 Å². The molecular weight excluding hydrogens is 284 g/mol.